The smallest absolute Gasteiger partial charge is 0.0906 e. The fraction of sp³-hybridized carbons (Fsp3) is 0.889. The Kier molecular flexibility index (Phi) is 2.73. The van der Waals surface area contributed by atoms with Gasteiger partial charge in [-0.25, -0.2) is 0 Å². The SMILES string of the molecule is CC(N)=NCC1(N(C)C)CCC1. The van der Waals surface area contributed by atoms with Gasteiger partial charge in [0.2, 0.25) is 0 Å². The Morgan fingerprint density at radius 1 is 1.50 bits per heavy atom. The van der Waals surface area contributed by atoms with E-state index in [2.05, 4.69) is 24.0 Å². The Labute approximate surface area is 74.6 Å². The molecule has 0 saturated heterocycles. The number of hydrogen-bond acceptors (Lipinski definition) is 2. The molecule has 3 heteroatoms. The first-order chi connectivity index (χ1) is 5.57. The van der Waals surface area contributed by atoms with Gasteiger partial charge in [-0.3, -0.25) is 4.99 Å². The van der Waals surface area contributed by atoms with Crippen LogP contribution in [0.2, 0.25) is 0 Å². The van der Waals surface area contributed by atoms with Crippen LogP contribution in [0.3, 0.4) is 0 Å². The molecule has 0 bridgehead atoms. The fourth-order valence-corrected chi connectivity index (χ4v) is 1.60. The van der Waals surface area contributed by atoms with Crippen LogP contribution in [0.5, 0.6) is 0 Å². The standard InChI is InChI=1S/C9H19N3/c1-8(10)11-7-9(12(2)3)5-4-6-9/h4-7H2,1-3H3,(H2,10,11). The number of nitrogens with two attached hydrogens (primary N) is 1. The molecule has 0 atom stereocenters. The van der Waals surface area contributed by atoms with Gasteiger partial charge in [-0.15, -0.1) is 0 Å². The van der Waals surface area contributed by atoms with Gasteiger partial charge in [0.25, 0.3) is 0 Å². The first-order valence-electron chi connectivity index (χ1n) is 4.51. The second-order valence-electron chi connectivity index (χ2n) is 3.93. The summed E-state index contributed by atoms with van der Waals surface area (Å²) in [6.45, 7) is 2.71. The topological polar surface area (TPSA) is 41.6 Å². The van der Waals surface area contributed by atoms with E-state index in [1.807, 2.05) is 6.92 Å². The maximum atomic E-state index is 5.51. The van der Waals surface area contributed by atoms with E-state index in [1.54, 1.807) is 0 Å². The second-order valence-corrected chi connectivity index (χ2v) is 3.93. The summed E-state index contributed by atoms with van der Waals surface area (Å²) in [6.07, 6.45) is 3.85. The zero-order valence-corrected chi connectivity index (χ0v) is 8.30. The molecule has 0 aromatic heterocycles. The maximum absolute atomic E-state index is 5.51. The Morgan fingerprint density at radius 3 is 2.33 bits per heavy atom. The minimum absolute atomic E-state index is 0.320. The molecule has 1 saturated carbocycles. The summed E-state index contributed by atoms with van der Waals surface area (Å²) in [7, 11) is 4.25. The van der Waals surface area contributed by atoms with Crippen molar-refractivity contribution in [3.63, 3.8) is 0 Å². The van der Waals surface area contributed by atoms with Crippen LogP contribution in [0.1, 0.15) is 26.2 Å². The molecule has 70 valence electrons. The van der Waals surface area contributed by atoms with Crippen molar-refractivity contribution in [2.75, 3.05) is 20.6 Å². The van der Waals surface area contributed by atoms with Gasteiger partial charge >= 0.3 is 0 Å². The van der Waals surface area contributed by atoms with Crippen molar-refractivity contribution in [2.24, 2.45) is 10.7 Å². The zero-order chi connectivity index (χ0) is 9.19. The molecule has 0 unspecified atom stereocenters. The minimum Gasteiger partial charge on any atom is -0.388 e. The first kappa shape index (κ1) is 9.52. The molecule has 0 spiro atoms. The van der Waals surface area contributed by atoms with Crippen molar-refractivity contribution in [1.29, 1.82) is 0 Å². The lowest BCUT2D eigenvalue weighted by molar-refractivity contribution is 0.0700. The van der Waals surface area contributed by atoms with Crippen LogP contribution in [-0.4, -0.2) is 36.9 Å². The average molecular weight is 169 g/mol. The van der Waals surface area contributed by atoms with Gasteiger partial charge in [-0.05, 0) is 40.3 Å². The first-order valence-corrected chi connectivity index (χ1v) is 4.51. The van der Waals surface area contributed by atoms with E-state index in [-0.39, 0.29) is 0 Å². The van der Waals surface area contributed by atoms with Crippen molar-refractivity contribution in [3.05, 3.63) is 0 Å². The highest BCUT2D eigenvalue weighted by atomic mass is 15.2. The van der Waals surface area contributed by atoms with Crippen LogP contribution in [-0.2, 0) is 0 Å². The Bertz CT molecular complexity index is 176. The Hall–Kier alpha value is -0.570. The Morgan fingerprint density at radius 2 is 2.08 bits per heavy atom. The number of rotatable bonds is 3. The van der Waals surface area contributed by atoms with Crippen LogP contribution in [0.4, 0.5) is 0 Å². The molecular weight excluding hydrogens is 150 g/mol. The highest BCUT2D eigenvalue weighted by Gasteiger charge is 2.38. The number of nitrogens with zero attached hydrogens (tertiary/aromatic N) is 2. The van der Waals surface area contributed by atoms with Gasteiger partial charge in [0.05, 0.1) is 12.4 Å². The largest absolute Gasteiger partial charge is 0.388 e. The third-order valence-electron chi connectivity index (χ3n) is 2.86. The second kappa shape index (κ2) is 3.44. The molecule has 0 aliphatic heterocycles. The van der Waals surface area contributed by atoms with Crippen molar-refractivity contribution < 1.29 is 0 Å². The average Bonchev–Trinajstić information content (AvgIpc) is 1.83. The van der Waals surface area contributed by atoms with Crippen LogP contribution in [0, 0.1) is 0 Å². The highest BCUT2D eigenvalue weighted by molar-refractivity contribution is 5.77. The molecule has 0 aromatic rings. The van der Waals surface area contributed by atoms with E-state index in [0.29, 0.717) is 11.4 Å². The lowest BCUT2D eigenvalue weighted by Crippen LogP contribution is -2.52. The molecule has 1 fully saturated rings. The molecule has 0 radical (unpaired) electrons. The summed E-state index contributed by atoms with van der Waals surface area (Å²) in [4.78, 5) is 6.57. The molecule has 12 heavy (non-hydrogen) atoms. The van der Waals surface area contributed by atoms with Gasteiger partial charge in [0.15, 0.2) is 0 Å². The number of hydrogen-bond donors (Lipinski definition) is 1. The van der Waals surface area contributed by atoms with E-state index in [1.165, 1.54) is 19.3 Å². The van der Waals surface area contributed by atoms with Crippen molar-refractivity contribution in [1.82, 2.24) is 4.90 Å². The van der Waals surface area contributed by atoms with Gasteiger partial charge in [0.1, 0.15) is 0 Å². The van der Waals surface area contributed by atoms with E-state index < -0.39 is 0 Å². The number of aliphatic imine (C=N–C) groups is 1. The summed E-state index contributed by atoms with van der Waals surface area (Å²) in [5, 5.41) is 0. The molecule has 3 nitrogen and oxygen atoms in total. The van der Waals surface area contributed by atoms with E-state index >= 15 is 0 Å². The van der Waals surface area contributed by atoms with E-state index in [0.717, 1.165) is 6.54 Å². The molecule has 2 N–H and O–H groups in total. The lowest BCUT2D eigenvalue weighted by Gasteiger charge is -2.46. The molecule has 1 rings (SSSR count). The third kappa shape index (κ3) is 1.78. The van der Waals surface area contributed by atoms with Crippen LogP contribution < -0.4 is 5.73 Å². The lowest BCUT2D eigenvalue weighted by atomic mass is 9.76. The molecular formula is C9H19N3. The molecule has 0 amide bonds. The highest BCUT2D eigenvalue weighted by Crippen LogP contribution is 2.36. The van der Waals surface area contributed by atoms with Crippen LogP contribution >= 0.6 is 0 Å². The summed E-state index contributed by atoms with van der Waals surface area (Å²) < 4.78 is 0. The summed E-state index contributed by atoms with van der Waals surface area (Å²) in [5.74, 6) is 0.697. The monoisotopic (exact) mass is 169 g/mol. The van der Waals surface area contributed by atoms with Gasteiger partial charge in [-0.2, -0.15) is 0 Å². The maximum Gasteiger partial charge on any atom is 0.0906 e. The van der Waals surface area contributed by atoms with Gasteiger partial charge < -0.3 is 10.6 Å². The summed E-state index contributed by atoms with van der Waals surface area (Å²) >= 11 is 0. The predicted molar refractivity (Wildman–Crippen MR) is 52.4 cm³/mol. The van der Waals surface area contributed by atoms with Gasteiger partial charge in [-0.1, -0.05) is 0 Å². The molecule has 0 heterocycles. The normalized spacial score (nSPS) is 22.5. The predicted octanol–water partition coefficient (Wildman–Crippen LogP) is 0.848. The van der Waals surface area contributed by atoms with Gasteiger partial charge in [0, 0.05) is 5.54 Å². The van der Waals surface area contributed by atoms with E-state index in [9.17, 15) is 0 Å². The van der Waals surface area contributed by atoms with Crippen molar-refractivity contribution in [2.45, 2.75) is 31.7 Å². The van der Waals surface area contributed by atoms with Crippen molar-refractivity contribution in [3.8, 4) is 0 Å². The van der Waals surface area contributed by atoms with E-state index in [4.69, 9.17) is 5.73 Å². The number of amidine groups is 1. The minimum atomic E-state index is 0.320. The van der Waals surface area contributed by atoms with Crippen LogP contribution in [0.15, 0.2) is 4.99 Å². The summed E-state index contributed by atoms with van der Waals surface area (Å²) in [5.41, 5.74) is 5.83. The zero-order valence-electron chi connectivity index (χ0n) is 8.30. The molecule has 1 aliphatic rings. The Balaban J connectivity index is 2.51. The number of likely N-dealkylation sites (N-methyl/N-ethyl adjacent to an activating group) is 1. The summed E-state index contributed by atoms with van der Waals surface area (Å²) in [6, 6.07) is 0. The quantitative estimate of drug-likeness (QED) is 0.502. The molecule has 1 aliphatic carbocycles. The fourth-order valence-electron chi connectivity index (χ4n) is 1.60. The van der Waals surface area contributed by atoms with Crippen LogP contribution in [0.25, 0.3) is 0 Å². The molecule has 0 aromatic carbocycles. The third-order valence-corrected chi connectivity index (χ3v) is 2.86. The van der Waals surface area contributed by atoms with Crippen molar-refractivity contribution >= 4 is 5.84 Å².